The fourth-order valence-corrected chi connectivity index (χ4v) is 4.07. The van der Waals surface area contributed by atoms with Crippen LogP contribution in [0.5, 0.6) is 11.5 Å². The van der Waals surface area contributed by atoms with Gasteiger partial charge in [0.1, 0.15) is 0 Å². The van der Waals surface area contributed by atoms with E-state index in [9.17, 15) is 4.79 Å². The summed E-state index contributed by atoms with van der Waals surface area (Å²) in [6.45, 7) is 1.94. The summed E-state index contributed by atoms with van der Waals surface area (Å²) in [6.07, 6.45) is 6.34. The molecule has 0 radical (unpaired) electrons. The van der Waals surface area contributed by atoms with Gasteiger partial charge >= 0.3 is 6.09 Å². The predicted molar refractivity (Wildman–Crippen MR) is 116 cm³/mol. The molecule has 1 aliphatic heterocycles. The molecule has 1 amide bonds. The monoisotopic (exact) mass is 418 g/mol. The minimum absolute atomic E-state index is 0.260. The molecular weight excluding hydrogens is 384 g/mol. The van der Waals surface area contributed by atoms with Crippen molar-refractivity contribution >= 4 is 12.1 Å². The Labute approximate surface area is 179 Å². The second kappa shape index (κ2) is 10.9. The molecule has 0 spiro atoms. The van der Waals surface area contributed by atoms with Gasteiger partial charge in [-0.25, -0.2) is 4.79 Å². The molecular formula is C22H34N4O4. The SMILES string of the molecule is CN=C(NCc1cccc(OC)c1OC1CCCC1)NC1CCN(C(=O)OC)CC1. The Morgan fingerprint density at radius 2 is 1.90 bits per heavy atom. The standard InChI is InChI=1S/C22H34N4O4/c1-23-21(25-17-11-13-26(14-12-17)22(27)29-3)24-15-16-7-6-10-19(28-2)20(16)30-18-8-4-5-9-18/h6-7,10,17-18H,4-5,8-9,11-15H2,1-3H3,(H2,23,24,25). The van der Waals surface area contributed by atoms with Crippen molar-refractivity contribution in [2.75, 3.05) is 34.4 Å². The number of piperidine rings is 1. The van der Waals surface area contributed by atoms with Crippen molar-refractivity contribution in [1.82, 2.24) is 15.5 Å². The second-order valence-corrected chi connectivity index (χ2v) is 7.77. The van der Waals surface area contributed by atoms with E-state index in [4.69, 9.17) is 14.2 Å². The highest BCUT2D eigenvalue weighted by molar-refractivity contribution is 5.80. The van der Waals surface area contributed by atoms with E-state index in [0.717, 1.165) is 48.7 Å². The third-order valence-corrected chi connectivity index (χ3v) is 5.81. The van der Waals surface area contributed by atoms with Crippen LogP contribution in [0.4, 0.5) is 4.79 Å². The lowest BCUT2D eigenvalue weighted by molar-refractivity contribution is 0.111. The van der Waals surface area contributed by atoms with E-state index in [1.807, 2.05) is 12.1 Å². The molecule has 166 valence electrons. The average molecular weight is 419 g/mol. The number of amides is 1. The van der Waals surface area contributed by atoms with Crippen molar-refractivity contribution in [3.8, 4) is 11.5 Å². The van der Waals surface area contributed by atoms with Gasteiger partial charge in [-0.15, -0.1) is 0 Å². The first-order valence-electron chi connectivity index (χ1n) is 10.8. The quantitative estimate of drug-likeness (QED) is 0.546. The van der Waals surface area contributed by atoms with Gasteiger partial charge in [-0.1, -0.05) is 12.1 Å². The van der Waals surface area contributed by atoms with Crippen molar-refractivity contribution in [1.29, 1.82) is 0 Å². The molecule has 0 unspecified atom stereocenters. The molecule has 1 saturated heterocycles. The van der Waals surface area contributed by atoms with Crippen molar-refractivity contribution in [2.24, 2.45) is 4.99 Å². The molecule has 2 N–H and O–H groups in total. The Morgan fingerprint density at radius 1 is 1.17 bits per heavy atom. The number of benzene rings is 1. The Bertz CT molecular complexity index is 726. The summed E-state index contributed by atoms with van der Waals surface area (Å²) in [4.78, 5) is 17.7. The smallest absolute Gasteiger partial charge is 0.409 e. The van der Waals surface area contributed by atoms with Gasteiger partial charge in [0, 0.05) is 38.3 Å². The third-order valence-electron chi connectivity index (χ3n) is 5.81. The maximum atomic E-state index is 11.6. The predicted octanol–water partition coefficient (Wildman–Crippen LogP) is 2.91. The number of aliphatic imine (C=N–C) groups is 1. The average Bonchev–Trinajstić information content (AvgIpc) is 3.30. The van der Waals surface area contributed by atoms with E-state index in [1.165, 1.54) is 20.0 Å². The first-order valence-corrected chi connectivity index (χ1v) is 10.8. The maximum Gasteiger partial charge on any atom is 0.409 e. The van der Waals surface area contributed by atoms with Crippen LogP contribution in [0.25, 0.3) is 0 Å². The number of methoxy groups -OCH3 is 2. The molecule has 8 nitrogen and oxygen atoms in total. The van der Waals surface area contributed by atoms with E-state index < -0.39 is 0 Å². The van der Waals surface area contributed by atoms with Gasteiger partial charge < -0.3 is 29.7 Å². The molecule has 2 aliphatic rings. The molecule has 2 fully saturated rings. The van der Waals surface area contributed by atoms with E-state index in [1.54, 1.807) is 19.1 Å². The van der Waals surface area contributed by atoms with Crippen LogP contribution >= 0.6 is 0 Å². The summed E-state index contributed by atoms with van der Waals surface area (Å²) in [6, 6.07) is 6.24. The molecule has 1 aromatic rings. The van der Waals surface area contributed by atoms with Crippen LogP contribution in [0.1, 0.15) is 44.1 Å². The fourth-order valence-electron chi connectivity index (χ4n) is 4.07. The summed E-state index contributed by atoms with van der Waals surface area (Å²) in [7, 11) is 4.86. The maximum absolute atomic E-state index is 11.6. The first kappa shape index (κ1) is 22.1. The minimum atomic E-state index is -0.260. The van der Waals surface area contributed by atoms with Crippen molar-refractivity contribution in [2.45, 2.75) is 57.2 Å². The molecule has 8 heteroatoms. The molecule has 0 atom stereocenters. The van der Waals surface area contributed by atoms with E-state index in [-0.39, 0.29) is 18.2 Å². The molecule has 0 bridgehead atoms. The zero-order valence-corrected chi connectivity index (χ0v) is 18.3. The van der Waals surface area contributed by atoms with Gasteiger partial charge in [-0.05, 0) is 44.6 Å². The third kappa shape index (κ3) is 5.70. The fraction of sp³-hybridized carbons (Fsp3) is 0.636. The topological polar surface area (TPSA) is 84.4 Å². The lowest BCUT2D eigenvalue weighted by atomic mass is 10.1. The van der Waals surface area contributed by atoms with Crippen molar-refractivity contribution in [3.63, 3.8) is 0 Å². The number of para-hydroxylation sites is 1. The van der Waals surface area contributed by atoms with Gasteiger partial charge in [0.15, 0.2) is 17.5 Å². The van der Waals surface area contributed by atoms with Gasteiger partial charge in [0.05, 0.1) is 20.3 Å². The van der Waals surface area contributed by atoms with E-state index in [2.05, 4.69) is 21.7 Å². The number of likely N-dealkylation sites (tertiary alicyclic amines) is 1. The van der Waals surface area contributed by atoms with E-state index in [0.29, 0.717) is 19.6 Å². The number of hydrogen-bond donors (Lipinski definition) is 2. The van der Waals surface area contributed by atoms with Crippen LogP contribution in [0.15, 0.2) is 23.2 Å². The van der Waals surface area contributed by atoms with Crippen LogP contribution in [-0.4, -0.2) is 63.5 Å². The lowest BCUT2D eigenvalue weighted by Crippen LogP contribution is -2.49. The van der Waals surface area contributed by atoms with Gasteiger partial charge in [-0.3, -0.25) is 4.99 Å². The normalized spacial score (nSPS) is 18.2. The Kier molecular flexibility index (Phi) is 8.04. The molecule has 1 saturated carbocycles. The zero-order chi connectivity index (χ0) is 21.3. The Hall–Kier alpha value is -2.64. The number of rotatable bonds is 6. The van der Waals surface area contributed by atoms with Crippen LogP contribution < -0.4 is 20.1 Å². The number of carbonyl (C=O) groups is 1. The Balaban J connectivity index is 1.56. The summed E-state index contributed by atoms with van der Waals surface area (Å²) < 4.78 is 16.7. The largest absolute Gasteiger partial charge is 0.493 e. The Morgan fingerprint density at radius 3 is 2.53 bits per heavy atom. The van der Waals surface area contributed by atoms with Crippen LogP contribution in [0, 0.1) is 0 Å². The number of hydrogen-bond acceptors (Lipinski definition) is 5. The van der Waals surface area contributed by atoms with Gasteiger partial charge in [0.25, 0.3) is 0 Å². The van der Waals surface area contributed by atoms with Crippen LogP contribution in [0.2, 0.25) is 0 Å². The number of nitrogens with zero attached hydrogens (tertiary/aromatic N) is 2. The zero-order valence-electron chi connectivity index (χ0n) is 18.3. The summed E-state index contributed by atoms with van der Waals surface area (Å²) in [5, 5.41) is 6.86. The molecule has 3 rings (SSSR count). The van der Waals surface area contributed by atoms with Crippen molar-refractivity contribution < 1.29 is 19.0 Å². The number of carbonyl (C=O) groups excluding carboxylic acids is 1. The summed E-state index contributed by atoms with van der Waals surface area (Å²) in [5.41, 5.74) is 1.05. The van der Waals surface area contributed by atoms with Gasteiger partial charge in [-0.2, -0.15) is 0 Å². The number of ether oxygens (including phenoxy) is 3. The lowest BCUT2D eigenvalue weighted by Gasteiger charge is -2.32. The molecule has 1 aliphatic carbocycles. The highest BCUT2D eigenvalue weighted by Crippen LogP contribution is 2.34. The van der Waals surface area contributed by atoms with Crippen LogP contribution in [-0.2, 0) is 11.3 Å². The molecule has 1 aromatic carbocycles. The summed E-state index contributed by atoms with van der Waals surface area (Å²) in [5.74, 6) is 2.32. The molecule has 1 heterocycles. The number of guanidine groups is 1. The molecule has 0 aromatic heterocycles. The summed E-state index contributed by atoms with van der Waals surface area (Å²) >= 11 is 0. The van der Waals surface area contributed by atoms with E-state index >= 15 is 0 Å². The molecule has 30 heavy (non-hydrogen) atoms. The highest BCUT2D eigenvalue weighted by Gasteiger charge is 2.24. The second-order valence-electron chi connectivity index (χ2n) is 7.77. The van der Waals surface area contributed by atoms with Crippen LogP contribution in [0.3, 0.4) is 0 Å². The minimum Gasteiger partial charge on any atom is -0.493 e. The highest BCUT2D eigenvalue weighted by atomic mass is 16.5. The van der Waals surface area contributed by atoms with Gasteiger partial charge in [0.2, 0.25) is 0 Å². The first-order chi connectivity index (χ1) is 14.6. The number of nitrogens with one attached hydrogen (secondary N) is 2. The van der Waals surface area contributed by atoms with Crippen molar-refractivity contribution in [3.05, 3.63) is 23.8 Å².